The molecule has 1 amide bonds. The lowest BCUT2D eigenvalue weighted by molar-refractivity contribution is -0.110. The summed E-state index contributed by atoms with van der Waals surface area (Å²) >= 11 is 3.56. The third kappa shape index (κ3) is 3.62. The van der Waals surface area contributed by atoms with Crippen molar-refractivity contribution in [3.8, 4) is 5.75 Å². The summed E-state index contributed by atoms with van der Waals surface area (Å²) in [6.07, 6.45) is 1.82. The maximum absolute atomic E-state index is 12.7. The van der Waals surface area contributed by atoms with Gasteiger partial charge in [-0.25, -0.2) is 0 Å². The second-order valence-corrected chi connectivity index (χ2v) is 10.4. The number of phenolic OH excluding ortho intramolecular Hbond substituents is 1. The minimum absolute atomic E-state index is 0.0737. The normalized spacial score (nSPS) is 15.7. The molecule has 4 heteroatoms. The summed E-state index contributed by atoms with van der Waals surface area (Å²) in [5, 5.41) is 14.0. The number of rotatable bonds is 1. The Morgan fingerprint density at radius 1 is 1.04 bits per heavy atom. The molecule has 0 atom stereocenters. The van der Waals surface area contributed by atoms with Crippen LogP contribution in [0.2, 0.25) is 0 Å². The summed E-state index contributed by atoms with van der Waals surface area (Å²) in [7, 11) is 0. The van der Waals surface area contributed by atoms with Gasteiger partial charge >= 0.3 is 0 Å². The minimum atomic E-state index is -0.215. The molecule has 0 unspecified atom stereocenters. The Labute approximate surface area is 176 Å². The molecule has 2 aromatic rings. The van der Waals surface area contributed by atoms with E-state index in [4.69, 9.17) is 0 Å². The van der Waals surface area contributed by atoms with Crippen LogP contribution in [0.25, 0.3) is 11.6 Å². The first-order valence-electron chi connectivity index (χ1n) is 9.51. The van der Waals surface area contributed by atoms with E-state index in [-0.39, 0.29) is 22.5 Å². The summed E-state index contributed by atoms with van der Waals surface area (Å²) in [6.45, 7) is 14.7. The first-order chi connectivity index (χ1) is 12.8. The maximum Gasteiger partial charge on any atom is 0.256 e. The molecule has 3 rings (SSSR count). The molecule has 2 aromatic carbocycles. The van der Waals surface area contributed by atoms with Gasteiger partial charge in [0.1, 0.15) is 5.75 Å². The Morgan fingerprint density at radius 3 is 2.25 bits per heavy atom. The van der Waals surface area contributed by atoms with Gasteiger partial charge in [0.05, 0.1) is 5.57 Å². The molecule has 0 bridgehead atoms. The van der Waals surface area contributed by atoms with Gasteiger partial charge in [-0.3, -0.25) is 4.79 Å². The Bertz CT molecular complexity index is 1000. The standard InChI is InChI=1S/C24H28BrNO2/c1-13-18(25)8-9-19-20(13)16(22(28)26-19)11-14-10-15(23(2,3)4)12-17(21(14)27)24(5,6)7/h8-12,27H,1-7H3,(H,26,28). The number of hydrogen-bond acceptors (Lipinski definition) is 2. The lowest BCUT2D eigenvalue weighted by atomic mass is 9.78. The number of aromatic hydroxyl groups is 1. The summed E-state index contributed by atoms with van der Waals surface area (Å²) in [5.41, 5.74) is 5.68. The van der Waals surface area contributed by atoms with E-state index < -0.39 is 0 Å². The average Bonchev–Trinajstić information content (AvgIpc) is 2.87. The van der Waals surface area contributed by atoms with Crippen LogP contribution in [-0.2, 0) is 15.6 Å². The number of fused-ring (bicyclic) bond motifs is 1. The molecule has 3 nitrogen and oxygen atoms in total. The van der Waals surface area contributed by atoms with E-state index in [2.05, 4.69) is 68.9 Å². The zero-order valence-corrected chi connectivity index (χ0v) is 19.2. The molecule has 0 aromatic heterocycles. The molecule has 1 aliphatic rings. The molecule has 2 N–H and O–H groups in total. The van der Waals surface area contributed by atoms with Crippen LogP contribution < -0.4 is 5.32 Å². The molecule has 0 saturated heterocycles. The summed E-state index contributed by atoms with van der Waals surface area (Å²) in [6, 6.07) is 7.92. The van der Waals surface area contributed by atoms with E-state index in [1.807, 2.05) is 31.2 Å². The van der Waals surface area contributed by atoms with Crippen molar-refractivity contribution >= 4 is 39.2 Å². The van der Waals surface area contributed by atoms with Crippen molar-refractivity contribution in [3.05, 3.63) is 56.6 Å². The SMILES string of the molecule is Cc1c(Br)ccc2c1C(=Cc1cc(C(C)(C)C)cc(C(C)(C)C)c1O)C(=O)N2. The zero-order valence-electron chi connectivity index (χ0n) is 17.6. The largest absolute Gasteiger partial charge is 0.507 e. The smallest absolute Gasteiger partial charge is 0.256 e. The van der Waals surface area contributed by atoms with Crippen LogP contribution in [0.5, 0.6) is 5.75 Å². The van der Waals surface area contributed by atoms with Gasteiger partial charge in [-0.05, 0) is 53.2 Å². The first kappa shape index (κ1) is 20.7. The molecule has 1 aliphatic heterocycles. The van der Waals surface area contributed by atoms with Gasteiger partial charge in [0, 0.05) is 26.9 Å². The number of amides is 1. The summed E-state index contributed by atoms with van der Waals surface area (Å²) < 4.78 is 0.955. The number of carbonyl (C=O) groups is 1. The lowest BCUT2D eigenvalue weighted by Gasteiger charge is -2.27. The number of nitrogens with one attached hydrogen (secondary N) is 1. The Morgan fingerprint density at radius 2 is 1.68 bits per heavy atom. The van der Waals surface area contributed by atoms with Crippen LogP contribution in [0, 0.1) is 6.92 Å². The number of benzene rings is 2. The lowest BCUT2D eigenvalue weighted by Crippen LogP contribution is -2.17. The molecule has 0 aliphatic carbocycles. The van der Waals surface area contributed by atoms with Crippen LogP contribution in [0.1, 0.15) is 69.4 Å². The molecule has 0 fully saturated rings. The topological polar surface area (TPSA) is 49.3 Å². The van der Waals surface area contributed by atoms with E-state index in [9.17, 15) is 9.90 Å². The Balaban J connectivity index is 2.29. The van der Waals surface area contributed by atoms with Crippen molar-refractivity contribution < 1.29 is 9.90 Å². The number of phenols is 1. The van der Waals surface area contributed by atoms with Gasteiger partial charge in [-0.15, -0.1) is 0 Å². The van der Waals surface area contributed by atoms with Crippen LogP contribution in [0.4, 0.5) is 5.69 Å². The number of halogens is 1. The monoisotopic (exact) mass is 441 g/mol. The van der Waals surface area contributed by atoms with E-state index >= 15 is 0 Å². The highest BCUT2D eigenvalue weighted by Gasteiger charge is 2.29. The number of hydrogen-bond donors (Lipinski definition) is 2. The fourth-order valence-corrected chi connectivity index (χ4v) is 3.84. The van der Waals surface area contributed by atoms with E-state index in [1.165, 1.54) is 0 Å². The van der Waals surface area contributed by atoms with E-state index in [0.717, 1.165) is 32.4 Å². The fourth-order valence-electron chi connectivity index (χ4n) is 3.51. The molecule has 148 valence electrons. The van der Waals surface area contributed by atoms with Gasteiger partial charge < -0.3 is 10.4 Å². The second kappa shape index (κ2) is 6.77. The van der Waals surface area contributed by atoms with E-state index in [1.54, 1.807) is 0 Å². The van der Waals surface area contributed by atoms with Crippen LogP contribution in [-0.4, -0.2) is 11.0 Å². The van der Waals surface area contributed by atoms with Crippen LogP contribution in [0.15, 0.2) is 28.7 Å². The molecule has 0 spiro atoms. The highest BCUT2D eigenvalue weighted by atomic mass is 79.9. The van der Waals surface area contributed by atoms with Gasteiger partial charge in [-0.1, -0.05) is 63.5 Å². The summed E-state index contributed by atoms with van der Waals surface area (Å²) in [5.74, 6) is 0.0935. The highest BCUT2D eigenvalue weighted by Crippen LogP contribution is 2.42. The van der Waals surface area contributed by atoms with Crippen molar-refractivity contribution in [1.82, 2.24) is 0 Å². The maximum atomic E-state index is 12.7. The van der Waals surface area contributed by atoms with Crippen molar-refractivity contribution in [2.45, 2.75) is 59.3 Å². The predicted molar refractivity (Wildman–Crippen MR) is 121 cm³/mol. The predicted octanol–water partition coefficient (Wildman–Crippen LogP) is 6.55. The average molecular weight is 442 g/mol. The van der Waals surface area contributed by atoms with Crippen molar-refractivity contribution in [2.75, 3.05) is 5.32 Å². The Kier molecular flexibility index (Phi) is 4.99. The summed E-state index contributed by atoms with van der Waals surface area (Å²) in [4.78, 5) is 12.7. The molecular formula is C24H28BrNO2. The third-order valence-corrected chi connectivity index (χ3v) is 6.13. The number of carbonyl (C=O) groups excluding carboxylic acids is 1. The third-order valence-electron chi connectivity index (χ3n) is 5.27. The molecule has 0 radical (unpaired) electrons. The number of anilines is 1. The molecule has 1 heterocycles. The van der Waals surface area contributed by atoms with Crippen LogP contribution in [0.3, 0.4) is 0 Å². The van der Waals surface area contributed by atoms with E-state index in [0.29, 0.717) is 11.1 Å². The minimum Gasteiger partial charge on any atom is -0.507 e. The Hall–Kier alpha value is -2.07. The molecule has 28 heavy (non-hydrogen) atoms. The van der Waals surface area contributed by atoms with Crippen molar-refractivity contribution in [2.24, 2.45) is 0 Å². The van der Waals surface area contributed by atoms with Gasteiger partial charge in [0.25, 0.3) is 5.91 Å². The van der Waals surface area contributed by atoms with Gasteiger partial charge in [0.2, 0.25) is 0 Å². The molecule has 0 saturated carbocycles. The zero-order chi connectivity index (χ0) is 21.0. The van der Waals surface area contributed by atoms with Crippen LogP contribution >= 0.6 is 15.9 Å². The highest BCUT2D eigenvalue weighted by molar-refractivity contribution is 9.10. The van der Waals surface area contributed by atoms with Crippen molar-refractivity contribution in [1.29, 1.82) is 0 Å². The fraction of sp³-hybridized carbons (Fsp3) is 0.375. The first-order valence-corrected chi connectivity index (χ1v) is 10.3. The van der Waals surface area contributed by atoms with Gasteiger partial charge in [-0.2, -0.15) is 0 Å². The van der Waals surface area contributed by atoms with Crippen molar-refractivity contribution in [3.63, 3.8) is 0 Å². The molecular weight excluding hydrogens is 414 g/mol. The quantitative estimate of drug-likeness (QED) is 0.492. The second-order valence-electron chi connectivity index (χ2n) is 9.57. The van der Waals surface area contributed by atoms with Gasteiger partial charge in [0.15, 0.2) is 0 Å².